The van der Waals surface area contributed by atoms with Crippen LogP contribution >= 0.6 is 11.3 Å². The summed E-state index contributed by atoms with van der Waals surface area (Å²) < 4.78 is 23.6. The lowest BCUT2D eigenvalue weighted by atomic mass is 9.97. The van der Waals surface area contributed by atoms with Crippen LogP contribution in [0.3, 0.4) is 0 Å². The Balaban J connectivity index is 1.40. The summed E-state index contributed by atoms with van der Waals surface area (Å²) in [5, 5.41) is 4.31. The van der Waals surface area contributed by atoms with E-state index in [1.54, 1.807) is 11.3 Å². The minimum atomic E-state index is -0.253. The molecule has 0 fully saturated rings. The summed E-state index contributed by atoms with van der Waals surface area (Å²) in [5.41, 5.74) is 7.50. The Hall–Kier alpha value is -5.33. The molecule has 0 saturated carbocycles. The van der Waals surface area contributed by atoms with E-state index in [4.69, 9.17) is 14.4 Å². The number of benzene rings is 5. The van der Waals surface area contributed by atoms with Crippen LogP contribution in [0.1, 0.15) is 0 Å². The van der Waals surface area contributed by atoms with E-state index in [1.807, 2.05) is 60.8 Å². The van der Waals surface area contributed by atoms with Crippen LogP contribution in [0.5, 0.6) is 0 Å². The topological polar surface area (TPSA) is 43.9 Å². The molecule has 6 heteroatoms. The zero-order valence-corrected chi connectivity index (χ0v) is 22.9. The molecule has 0 bridgehead atoms. The third-order valence-electron chi connectivity index (χ3n) is 7.98. The number of imidazole rings is 1. The van der Waals surface area contributed by atoms with Crippen LogP contribution in [0.2, 0.25) is 0 Å². The Kier molecular flexibility index (Phi) is 4.92. The molecule has 4 nitrogen and oxygen atoms in total. The average molecular weight is 562 g/mol. The third-order valence-corrected chi connectivity index (χ3v) is 9.13. The minimum Gasteiger partial charge on any atom is -0.454 e. The van der Waals surface area contributed by atoms with Gasteiger partial charge in [0.15, 0.2) is 5.58 Å². The summed E-state index contributed by atoms with van der Waals surface area (Å²) in [6.07, 6.45) is 1.83. The molecule has 4 aromatic heterocycles. The molecule has 4 heterocycles. The number of thiophene rings is 1. The third kappa shape index (κ3) is 3.33. The van der Waals surface area contributed by atoms with Gasteiger partial charge >= 0.3 is 0 Å². The summed E-state index contributed by atoms with van der Waals surface area (Å²) in [4.78, 5) is 10.9. The number of nitrogens with zero attached hydrogens (tertiary/aromatic N) is 3. The SMILES string of the molecule is Fc1ccc(-c2ccc(-c3nc4ccccc4n3-c3cccc4c3oc3ccccc34)c3sc4ncccc4c23)cc1. The summed E-state index contributed by atoms with van der Waals surface area (Å²) in [5.74, 6) is 0.573. The molecule has 0 aliphatic carbocycles. The molecule has 9 aromatic rings. The molecule has 0 amide bonds. The lowest BCUT2D eigenvalue weighted by Crippen LogP contribution is -1.98. The highest BCUT2D eigenvalue weighted by Gasteiger charge is 2.23. The van der Waals surface area contributed by atoms with Gasteiger partial charge in [0.25, 0.3) is 0 Å². The van der Waals surface area contributed by atoms with Gasteiger partial charge in [-0.3, -0.25) is 4.57 Å². The van der Waals surface area contributed by atoms with Crippen molar-refractivity contribution in [3.63, 3.8) is 0 Å². The number of hydrogen-bond acceptors (Lipinski definition) is 4. The van der Waals surface area contributed by atoms with Crippen LogP contribution in [0, 0.1) is 5.82 Å². The molecule has 0 unspecified atom stereocenters. The maximum atomic E-state index is 13.9. The number of furan rings is 1. The monoisotopic (exact) mass is 561 g/mol. The van der Waals surface area contributed by atoms with Crippen LogP contribution in [0.15, 0.2) is 126 Å². The first-order chi connectivity index (χ1) is 20.7. The Labute approximate surface area is 242 Å². The van der Waals surface area contributed by atoms with E-state index in [1.165, 1.54) is 12.1 Å². The molecule has 0 atom stereocenters. The number of pyridine rings is 1. The maximum absolute atomic E-state index is 13.9. The molecule has 42 heavy (non-hydrogen) atoms. The normalized spacial score (nSPS) is 11.9. The highest BCUT2D eigenvalue weighted by molar-refractivity contribution is 7.26. The van der Waals surface area contributed by atoms with Crippen LogP contribution in [-0.2, 0) is 0 Å². The van der Waals surface area contributed by atoms with Crippen molar-refractivity contribution in [2.45, 2.75) is 0 Å². The summed E-state index contributed by atoms with van der Waals surface area (Å²) in [6.45, 7) is 0. The number of para-hydroxylation sites is 4. The van der Waals surface area contributed by atoms with E-state index >= 15 is 0 Å². The molecule has 0 radical (unpaired) electrons. The minimum absolute atomic E-state index is 0.253. The number of rotatable bonds is 3. The number of aromatic nitrogens is 3. The van der Waals surface area contributed by atoms with Gasteiger partial charge in [-0.25, -0.2) is 14.4 Å². The first-order valence-corrected chi connectivity index (χ1v) is 14.5. The van der Waals surface area contributed by atoms with Crippen molar-refractivity contribution in [2.75, 3.05) is 0 Å². The van der Waals surface area contributed by atoms with Crippen molar-refractivity contribution >= 4 is 64.6 Å². The molecule has 0 aliphatic rings. The van der Waals surface area contributed by atoms with Crippen LogP contribution in [0.25, 0.3) is 81.5 Å². The first kappa shape index (κ1) is 23.4. The molecule has 0 saturated heterocycles. The highest BCUT2D eigenvalue weighted by atomic mass is 32.1. The van der Waals surface area contributed by atoms with Crippen LogP contribution in [-0.4, -0.2) is 14.5 Å². The van der Waals surface area contributed by atoms with E-state index in [9.17, 15) is 4.39 Å². The summed E-state index contributed by atoms with van der Waals surface area (Å²) in [7, 11) is 0. The summed E-state index contributed by atoms with van der Waals surface area (Å²) >= 11 is 1.65. The second-order valence-corrected chi connectivity index (χ2v) is 11.3. The quantitative estimate of drug-likeness (QED) is 0.216. The van der Waals surface area contributed by atoms with Gasteiger partial charge in [-0.1, -0.05) is 60.7 Å². The van der Waals surface area contributed by atoms with E-state index in [0.717, 1.165) is 81.5 Å². The Morgan fingerprint density at radius 3 is 2.40 bits per heavy atom. The van der Waals surface area contributed by atoms with Crippen molar-refractivity contribution < 1.29 is 8.81 Å². The van der Waals surface area contributed by atoms with Gasteiger partial charge in [0, 0.05) is 38.0 Å². The van der Waals surface area contributed by atoms with Gasteiger partial charge in [-0.2, -0.15) is 0 Å². The van der Waals surface area contributed by atoms with Gasteiger partial charge in [0.1, 0.15) is 22.1 Å². The smallest absolute Gasteiger partial charge is 0.159 e. The lowest BCUT2D eigenvalue weighted by Gasteiger charge is -2.13. The van der Waals surface area contributed by atoms with E-state index in [2.05, 4.69) is 53.1 Å². The van der Waals surface area contributed by atoms with Crippen molar-refractivity contribution in [1.82, 2.24) is 14.5 Å². The lowest BCUT2D eigenvalue weighted by molar-refractivity contribution is 0.628. The molecule has 5 aromatic carbocycles. The van der Waals surface area contributed by atoms with Gasteiger partial charge < -0.3 is 4.42 Å². The fourth-order valence-corrected chi connectivity index (χ4v) is 7.30. The number of fused-ring (bicyclic) bond motifs is 7. The summed E-state index contributed by atoms with van der Waals surface area (Å²) in [6, 6.07) is 37.6. The zero-order valence-electron chi connectivity index (χ0n) is 22.1. The van der Waals surface area contributed by atoms with Gasteiger partial charge in [0.05, 0.1) is 16.7 Å². The average Bonchev–Trinajstić information content (AvgIpc) is 3.73. The molecule has 0 spiro atoms. The molecular formula is C36H20FN3OS. The van der Waals surface area contributed by atoms with Crippen molar-refractivity contribution in [3.8, 4) is 28.2 Å². The Morgan fingerprint density at radius 1 is 0.690 bits per heavy atom. The van der Waals surface area contributed by atoms with Crippen molar-refractivity contribution in [3.05, 3.63) is 127 Å². The molecular weight excluding hydrogens is 541 g/mol. The standard InChI is InChI=1S/C36H20FN3OS/c37-22-16-14-21(15-17-22)23-18-19-27(34-32(23)26-9-6-20-38-36(26)42-34)35-39-28-10-2-3-11-29(28)40(35)30-12-5-8-25-24-7-1-4-13-31(24)41-33(25)30/h1-20H. The second-order valence-electron chi connectivity index (χ2n) is 10.3. The highest BCUT2D eigenvalue weighted by Crippen LogP contribution is 2.45. The molecule has 198 valence electrons. The van der Waals surface area contributed by atoms with Crippen LogP contribution < -0.4 is 0 Å². The van der Waals surface area contributed by atoms with E-state index < -0.39 is 0 Å². The van der Waals surface area contributed by atoms with Gasteiger partial charge in [-0.15, -0.1) is 11.3 Å². The van der Waals surface area contributed by atoms with Gasteiger partial charge in [-0.05, 0) is 65.7 Å². The van der Waals surface area contributed by atoms with Crippen molar-refractivity contribution in [1.29, 1.82) is 0 Å². The second kappa shape index (κ2) is 8.83. The largest absolute Gasteiger partial charge is 0.454 e. The fourth-order valence-electron chi connectivity index (χ4n) is 6.12. The number of hydrogen-bond donors (Lipinski definition) is 0. The number of halogens is 1. The molecule has 9 rings (SSSR count). The fraction of sp³-hybridized carbons (Fsp3) is 0. The van der Waals surface area contributed by atoms with E-state index in [0.29, 0.717) is 0 Å². The maximum Gasteiger partial charge on any atom is 0.159 e. The van der Waals surface area contributed by atoms with Crippen LogP contribution in [0.4, 0.5) is 4.39 Å². The van der Waals surface area contributed by atoms with Crippen molar-refractivity contribution in [2.24, 2.45) is 0 Å². The zero-order chi connectivity index (χ0) is 27.8. The Morgan fingerprint density at radius 2 is 1.48 bits per heavy atom. The predicted molar refractivity (Wildman–Crippen MR) is 170 cm³/mol. The first-order valence-electron chi connectivity index (χ1n) is 13.7. The predicted octanol–water partition coefficient (Wildman–Crippen LogP) is 10.2. The Bertz CT molecular complexity index is 2490. The molecule has 0 N–H and O–H groups in total. The van der Waals surface area contributed by atoms with Gasteiger partial charge in [0.2, 0.25) is 0 Å². The van der Waals surface area contributed by atoms with E-state index in [-0.39, 0.29) is 5.82 Å². The molecule has 0 aliphatic heterocycles.